The van der Waals surface area contributed by atoms with E-state index in [1.165, 1.54) is 5.56 Å². The summed E-state index contributed by atoms with van der Waals surface area (Å²) in [6, 6.07) is 10.5. The molecule has 0 bridgehead atoms. The third-order valence-electron chi connectivity index (χ3n) is 2.47. The first-order valence-electron chi connectivity index (χ1n) is 5.32. The summed E-state index contributed by atoms with van der Waals surface area (Å²) in [4.78, 5) is 0. The third kappa shape index (κ3) is 2.54. The summed E-state index contributed by atoms with van der Waals surface area (Å²) in [6.07, 6.45) is 3.49. The zero-order chi connectivity index (χ0) is 11.4. The molecule has 0 spiro atoms. The number of hydrogen-bond donors (Lipinski definition) is 1. The van der Waals surface area contributed by atoms with Gasteiger partial charge < -0.3 is 9.73 Å². The highest BCUT2D eigenvalue weighted by Gasteiger charge is 2.13. The molecule has 1 unspecified atom stereocenters. The van der Waals surface area contributed by atoms with Crippen LogP contribution in [0, 0.1) is 0 Å². The molecule has 0 radical (unpaired) electrons. The zero-order valence-corrected chi connectivity index (χ0v) is 10.7. The lowest BCUT2D eigenvalue weighted by Gasteiger charge is -2.16. The van der Waals surface area contributed by atoms with Crippen LogP contribution >= 0.6 is 15.9 Å². The van der Waals surface area contributed by atoms with Crippen LogP contribution in [-0.2, 0) is 0 Å². The normalized spacial score (nSPS) is 12.6. The second kappa shape index (κ2) is 5.32. The maximum Gasteiger partial charge on any atom is 0.0953 e. The Hall–Kier alpha value is -1.06. The molecule has 0 fully saturated rings. The number of nitrogens with one attached hydrogen (secondary N) is 1. The molecule has 1 aromatic heterocycles. The molecule has 0 saturated heterocycles. The molecule has 1 aromatic carbocycles. The van der Waals surface area contributed by atoms with Gasteiger partial charge in [0.1, 0.15) is 0 Å². The quantitative estimate of drug-likeness (QED) is 0.922. The van der Waals surface area contributed by atoms with Crippen molar-refractivity contribution >= 4 is 15.9 Å². The first kappa shape index (κ1) is 11.4. The first-order valence-corrected chi connectivity index (χ1v) is 6.11. The van der Waals surface area contributed by atoms with Crippen LogP contribution in [0.25, 0.3) is 0 Å². The topological polar surface area (TPSA) is 25.2 Å². The van der Waals surface area contributed by atoms with E-state index < -0.39 is 0 Å². The Balaban J connectivity index is 2.33. The minimum Gasteiger partial charge on any atom is -0.472 e. The predicted molar refractivity (Wildman–Crippen MR) is 68.4 cm³/mol. The molecule has 1 N–H and O–H groups in total. The van der Waals surface area contributed by atoms with E-state index in [2.05, 4.69) is 40.3 Å². The lowest BCUT2D eigenvalue weighted by Crippen LogP contribution is -2.21. The van der Waals surface area contributed by atoms with Crippen molar-refractivity contribution in [2.24, 2.45) is 0 Å². The number of furan rings is 1. The average Bonchev–Trinajstić information content (AvgIpc) is 2.79. The molecule has 1 heterocycles. The Morgan fingerprint density at radius 2 is 2.19 bits per heavy atom. The molecule has 2 nitrogen and oxygen atoms in total. The van der Waals surface area contributed by atoms with E-state index in [0.29, 0.717) is 0 Å². The highest BCUT2D eigenvalue weighted by molar-refractivity contribution is 9.10. The van der Waals surface area contributed by atoms with Crippen LogP contribution in [-0.4, -0.2) is 6.54 Å². The van der Waals surface area contributed by atoms with Crippen molar-refractivity contribution in [3.05, 3.63) is 58.5 Å². The van der Waals surface area contributed by atoms with E-state index >= 15 is 0 Å². The van der Waals surface area contributed by atoms with Crippen molar-refractivity contribution < 1.29 is 4.42 Å². The van der Waals surface area contributed by atoms with Crippen LogP contribution in [0.1, 0.15) is 24.1 Å². The van der Waals surface area contributed by atoms with Crippen LogP contribution in [0.2, 0.25) is 0 Å². The second-order valence-electron chi connectivity index (χ2n) is 3.60. The Morgan fingerprint density at radius 1 is 1.31 bits per heavy atom. The van der Waals surface area contributed by atoms with Gasteiger partial charge in [-0.1, -0.05) is 35.0 Å². The summed E-state index contributed by atoms with van der Waals surface area (Å²) in [5.74, 6) is 0. The lowest BCUT2D eigenvalue weighted by atomic mass is 10.0. The Kier molecular flexibility index (Phi) is 3.80. The summed E-state index contributed by atoms with van der Waals surface area (Å²) in [5, 5.41) is 3.45. The highest BCUT2D eigenvalue weighted by Crippen LogP contribution is 2.24. The fraction of sp³-hybridized carbons (Fsp3) is 0.231. The maximum absolute atomic E-state index is 5.14. The average molecular weight is 280 g/mol. The molecule has 1 atom stereocenters. The van der Waals surface area contributed by atoms with Gasteiger partial charge in [0.2, 0.25) is 0 Å². The van der Waals surface area contributed by atoms with E-state index in [9.17, 15) is 0 Å². The minimum atomic E-state index is 0.196. The Bertz CT molecular complexity index is 439. The van der Waals surface area contributed by atoms with Crippen LogP contribution < -0.4 is 5.32 Å². The number of halogens is 1. The van der Waals surface area contributed by atoms with Gasteiger partial charge in [-0.3, -0.25) is 0 Å². The molecule has 0 amide bonds. The van der Waals surface area contributed by atoms with Gasteiger partial charge in [-0.2, -0.15) is 0 Å². The van der Waals surface area contributed by atoms with Crippen molar-refractivity contribution in [2.75, 3.05) is 6.54 Å². The molecular formula is C13H14BrNO. The molecule has 0 aliphatic heterocycles. The SMILES string of the molecule is CCNC(c1ccoc1)c1cccc(Br)c1. The Morgan fingerprint density at radius 3 is 2.81 bits per heavy atom. The van der Waals surface area contributed by atoms with Gasteiger partial charge in [0.25, 0.3) is 0 Å². The van der Waals surface area contributed by atoms with E-state index in [-0.39, 0.29) is 6.04 Å². The fourth-order valence-corrected chi connectivity index (χ4v) is 2.17. The molecular weight excluding hydrogens is 266 g/mol. The van der Waals surface area contributed by atoms with Crippen molar-refractivity contribution in [2.45, 2.75) is 13.0 Å². The molecule has 2 aromatic rings. The summed E-state index contributed by atoms with van der Waals surface area (Å²) < 4.78 is 6.24. The van der Waals surface area contributed by atoms with Crippen LogP contribution in [0.4, 0.5) is 0 Å². The summed E-state index contributed by atoms with van der Waals surface area (Å²) in [6.45, 7) is 3.02. The largest absolute Gasteiger partial charge is 0.472 e. The molecule has 0 aliphatic carbocycles. The van der Waals surface area contributed by atoms with E-state index in [1.807, 2.05) is 18.2 Å². The molecule has 16 heavy (non-hydrogen) atoms. The minimum absolute atomic E-state index is 0.196. The van der Waals surface area contributed by atoms with Gasteiger partial charge in [-0.25, -0.2) is 0 Å². The fourth-order valence-electron chi connectivity index (χ4n) is 1.76. The number of hydrogen-bond acceptors (Lipinski definition) is 2. The predicted octanol–water partition coefficient (Wildman–Crippen LogP) is 3.74. The monoisotopic (exact) mass is 279 g/mol. The first-order chi connectivity index (χ1) is 7.81. The standard InChI is InChI=1S/C13H14BrNO/c1-2-15-13(11-6-7-16-9-11)10-4-3-5-12(14)8-10/h3-9,13,15H,2H2,1H3. The number of rotatable bonds is 4. The van der Waals surface area contributed by atoms with Gasteiger partial charge in [0, 0.05) is 10.0 Å². The lowest BCUT2D eigenvalue weighted by molar-refractivity contribution is 0.553. The van der Waals surface area contributed by atoms with Gasteiger partial charge in [-0.15, -0.1) is 0 Å². The van der Waals surface area contributed by atoms with E-state index in [4.69, 9.17) is 4.42 Å². The molecule has 3 heteroatoms. The van der Waals surface area contributed by atoms with Crippen molar-refractivity contribution in [1.29, 1.82) is 0 Å². The molecule has 2 rings (SSSR count). The van der Waals surface area contributed by atoms with Crippen LogP contribution in [0.5, 0.6) is 0 Å². The van der Waals surface area contributed by atoms with Gasteiger partial charge in [-0.05, 0) is 30.3 Å². The van der Waals surface area contributed by atoms with E-state index in [1.54, 1.807) is 12.5 Å². The van der Waals surface area contributed by atoms with E-state index in [0.717, 1.165) is 16.6 Å². The highest BCUT2D eigenvalue weighted by atomic mass is 79.9. The maximum atomic E-state index is 5.14. The Labute approximate surface area is 104 Å². The smallest absolute Gasteiger partial charge is 0.0953 e. The van der Waals surface area contributed by atoms with Crippen LogP contribution in [0.3, 0.4) is 0 Å². The summed E-state index contributed by atoms with van der Waals surface area (Å²) in [7, 11) is 0. The van der Waals surface area contributed by atoms with Crippen molar-refractivity contribution in [1.82, 2.24) is 5.32 Å². The van der Waals surface area contributed by atoms with Gasteiger partial charge in [0.05, 0.1) is 18.6 Å². The molecule has 0 aliphatic rings. The number of benzene rings is 1. The molecule has 0 saturated carbocycles. The van der Waals surface area contributed by atoms with Crippen molar-refractivity contribution in [3.8, 4) is 0 Å². The summed E-state index contributed by atoms with van der Waals surface area (Å²) in [5.41, 5.74) is 2.39. The third-order valence-corrected chi connectivity index (χ3v) is 2.96. The van der Waals surface area contributed by atoms with Gasteiger partial charge in [0.15, 0.2) is 0 Å². The van der Waals surface area contributed by atoms with Gasteiger partial charge >= 0.3 is 0 Å². The summed E-state index contributed by atoms with van der Waals surface area (Å²) >= 11 is 3.49. The van der Waals surface area contributed by atoms with Crippen molar-refractivity contribution in [3.63, 3.8) is 0 Å². The van der Waals surface area contributed by atoms with Crippen LogP contribution in [0.15, 0.2) is 51.7 Å². The zero-order valence-electron chi connectivity index (χ0n) is 9.11. The second-order valence-corrected chi connectivity index (χ2v) is 4.52. The molecule has 84 valence electrons.